The Morgan fingerprint density at radius 3 is 2.45 bits per heavy atom. The SMILES string of the molecule is CCCC1(C(=O)O)CCN(C(=O)C2COCC2N)CC1. The van der Waals surface area contributed by atoms with Gasteiger partial charge >= 0.3 is 5.97 Å². The Balaban J connectivity index is 1.96. The second-order valence-corrected chi connectivity index (χ2v) is 5.97. The molecule has 20 heavy (non-hydrogen) atoms. The highest BCUT2D eigenvalue weighted by Crippen LogP contribution is 2.37. The molecule has 114 valence electrons. The van der Waals surface area contributed by atoms with Gasteiger partial charge in [0.05, 0.1) is 24.5 Å². The molecule has 0 aromatic heterocycles. The second-order valence-electron chi connectivity index (χ2n) is 5.97. The van der Waals surface area contributed by atoms with Crippen LogP contribution in [0.3, 0.4) is 0 Å². The number of carboxylic acids is 1. The van der Waals surface area contributed by atoms with Crippen LogP contribution in [-0.2, 0) is 14.3 Å². The summed E-state index contributed by atoms with van der Waals surface area (Å²) in [5, 5.41) is 9.45. The number of carbonyl (C=O) groups excluding carboxylic acids is 1. The molecule has 0 aromatic rings. The van der Waals surface area contributed by atoms with E-state index in [9.17, 15) is 14.7 Å². The fraction of sp³-hybridized carbons (Fsp3) is 0.857. The number of aliphatic carboxylic acids is 1. The highest BCUT2D eigenvalue weighted by Gasteiger charge is 2.43. The summed E-state index contributed by atoms with van der Waals surface area (Å²) in [5.74, 6) is -0.976. The summed E-state index contributed by atoms with van der Waals surface area (Å²) in [6.45, 7) is 3.83. The summed E-state index contributed by atoms with van der Waals surface area (Å²) in [4.78, 5) is 25.6. The van der Waals surface area contributed by atoms with Gasteiger partial charge in [-0.2, -0.15) is 0 Å². The van der Waals surface area contributed by atoms with E-state index in [1.165, 1.54) is 0 Å². The van der Waals surface area contributed by atoms with Crippen LogP contribution in [0, 0.1) is 11.3 Å². The van der Waals surface area contributed by atoms with Crippen LogP contribution >= 0.6 is 0 Å². The molecule has 2 aliphatic heterocycles. The van der Waals surface area contributed by atoms with E-state index >= 15 is 0 Å². The minimum Gasteiger partial charge on any atom is -0.481 e. The lowest BCUT2D eigenvalue weighted by Gasteiger charge is -2.39. The van der Waals surface area contributed by atoms with Crippen molar-refractivity contribution in [3.63, 3.8) is 0 Å². The molecule has 2 atom stereocenters. The largest absolute Gasteiger partial charge is 0.481 e. The Hall–Kier alpha value is -1.14. The zero-order chi connectivity index (χ0) is 14.8. The number of amides is 1. The lowest BCUT2D eigenvalue weighted by Crippen LogP contribution is -2.50. The van der Waals surface area contributed by atoms with Gasteiger partial charge in [-0.05, 0) is 19.3 Å². The number of hydrogen-bond donors (Lipinski definition) is 2. The molecule has 1 amide bonds. The molecule has 6 heteroatoms. The van der Waals surface area contributed by atoms with Crippen LogP contribution in [0.2, 0.25) is 0 Å². The lowest BCUT2D eigenvalue weighted by atomic mass is 9.75. The summed E-state index contributed by atoms with van der Waals surface area (Å²) in [6, 6.07) is -0.232. The van der Waals surface area contributed by atoms with Crippen molar-refractivity contribution in [2.75, 3.05) is 26.3 Å². The van der Waals surface area contributed by atoms with Crippen molar-refractivity contribution in [3.05, 3.63) is 0 Å². The third-order valence-corrected chi connectivity index (χ3v) is 4.66. The Kier molecular flexibility index (Phi) is 4.65. The number of carboxylic acid groups (broad SMARTS) is 1. The van der Waals surface area contributed by atoms with E-state index in [0.717, 1.165) is 6.42 Å². The van der Waals surface area contributed by atoms with Crippen molar-refractivity contribution in [1.29, 1.82) is 0 Å². The Bertz CT molecular complexity index is 377. The van der Waals surface area contributed by atoms with Gasteiger partial charge in [-0.1, -0.05) is 13.3 Å². The number of nitrogens with zero attached hydrogens (tertiary/aromatic N) is 1. The van der Waals surface area contributed by atoms with Crippen LogP contribution in [0.5, 0.6) is 0 Å². The summed E-state index contributed by atoms with van der Waals surface area (Å²) >= 11 is 0. The topological polar surface area (TPSA) is 92.9 Å². The molecule has 0 bridgehead atoms. The lowest BCUT2D eigenvalue weighted by molar-refractivity contribution is -0.155. The molecule has 2 fully saturated rings. The first-order valence-corrected chi connectivity index (χ1v) is 7.35. The third-order valence-electron chi connectivity index (χ3n) is 4.66. The smallest absolute Gasteiger partial charge is 0.309 e. The summed E-state index contributed by atoms with van der Waals surface area (Å²) in [5.41, 5.74) is 5.22. The Morgan fingerprint density at radius 2 is 2.00 bits per heavy atom. The molecule has 2 unspecified atom stereocenters. The molecular formula is C14H24N2O4. The van der Waals surface area contributed by atoms with Crippen LogP contribution in [0.1, 0.15) is 32.6 Å². The van der Waals surface area contributed by atoms with Gasteiger partial charge < -0.3 is 20.5 Å². The monoisotopic (exact) mass is 284 g/mol. The number of rotatable bonds is 4. The van der Waals surface area contributed by atoms with E-state index in [4.69, 9.17) is 10.5 Å². The molecule has 2 saturated heterocycles. The van der Waals surface area contributed by atoms with Crippen LogP contribution in [0.15, 0.2) is 0 Å². The van der Waals surface area contributed by atoms with Gasteiger partial charge in [0.25, 0.3) is 0 Å². The molecule has 2 heterocycles. The first-order valence-electron chi connectivity index (χ1n) is 7.35. The zero-order valence-corrected chi connectivity index (χ0v) is 12.0. The molecule has 0 saturated carbocycles. The fourth-order valence-corrected chi connectivity index (χ4v) is 3.26. The maximum absolute atomic E-state index is 12.4. The molecule has 0 spiro atoms. The number of piperidine rings is 1. The normalized spacial score (nSPS) is 29.4. The van der Waals surface area contributed by atoms with Crippen molar-refractivity contribution >= 4 is 11.9 Å². The number of likely N-dealkylation sites (tertiary alicyclic amines) is 1. The van der Waals surface area contributed by atoms with Gasteiger partial charge in [0.1, 0.15) is 0 Å². The van der Waals surface area contributed by atoms with Gasteiger partial charge in [0.2, 0.25) is 5.91 Å². The van der Waals surface area contributed by atoms with Crippen LogP contribution in [0.4, 0.5) is 0 Å². The van der Waals surface area contributed by atoms with Gasteiger partial charge in [-0.3, -0.25) is 9.59 Å². The second kappa shape index (κ2) is 6.10. The first kappa shape index (κ1) is 15.3. The van der Waals surface area contributed by atoms with Crippen LogP contribution < -0.4 is 5.73 Å². The Labute approximate surface area is 119 Å². The van der Waals surface area contributed by atoms with E-state index in [-0.39, 0.29) is 17.9 Å². The van der Waals surface area contributed by atoms with E-state index in [1.807, 2.05) is 6.92 Å². The minimum absolute atomic E-state index is 0.0190. The van der Waals surface area contributed by atoms with Gasteiger partial charge in [0, 0.05) is 19.1 Å². The Morgan fingerprint density at radius 1 is 1.35 bits per heavy atom. The first-order chi connectivity index (χ1) is 9.50. The maximum Gasteiger partial charge on any atom is 0.309 e. The van der Waals surface area contributed by atoms with Gasteiger partial charge in [0.15, 0.2) is 0 Å². The predicted molar refractivity (Wildman–Crippen MR) is 73.1 cm³/mol. The van der Waals surface area contributed by atoms with E-state index in [0.29, 0.717) is 45.6 Å². The van der Waals surface area contributed by atoms with E-state index < -0.39 is 11.4 Å². The molecule has 0 radical (unpaired) electrons. The summed E-state index contributed by atoms with van der Waals surface area (Å²) < 4.78 is 5.23. The molecule has 0 aliphatic carbocycles. The van der Waals surface area contributed by atoms with Crippen LogP contribution in [-0.4, -0.2) is 54.2 Å². The zero-order valence-electron chi connectivity index (χ0n) is 12.0. The number of nitrogens with two attached hydrogens (primary N) is 1. The number of carbonyl (C=O) groups is 2. The molecule has 0 aromatic carbocycles. The quantitative estimate of drug-likeness (QED) is 0.782. The average molecular weight is 284 g/mol. The molecule has 3 N–H and O–H groups in total. The highest BCUT2D eigenvalue weighted by molar-refractivity contribution is 5.81. The van der Waals surface area contributed by atoms with Gasteiger partial charge in [-0.25, -0.2) is 0 Å². The molecule has 6 nitrogen and oxygen atoms in total. The van der Waals surface area contributed by atoms with Crippen molar-refractivity contribution in [1.82, 2.24) is 4.90 Å². The summed E-state index contributed by atoms with van der Waals surface area (Å²) in [7, 11) is 0. The molecular weight excluding hydrogens is 260 g/mol. The van der Waals surface area contributed by atoms with Crippen molar-refractivity contribution in [2.45, 2.75) is 38.6 Å². The van der Waals surface area contributed by atoms with Gasteiger partial charge in [-0.15, -0.1) is 0 Å². The average Bonchev–Trinajstić information content (AvgIpc) is 2.85. The predicted octanol–water partition coefficient (Wildman–Crippen LogP) is 0.454. The van der Waals surface area contributed by atoms with Crippen molar-refractivity contribution < 1.29 is 19.4 Å². The summed E-state index contributed by atoms with van der Waals surface area (Å²) in [6.07, 6.45) is 2.59. The van der Waals surface area contributed by atoms with E-state index in [1.54, 1.807) is 4.90 Å². The fourth-order valence-electron chi connectivity index (χ4n) is 3.26. The van der Waals surface area contributed by atoms with Crippen LogP contribution in [0.25, 0.3) is 0 Å². The number of hydrogen-bond acceptors (Lipinski definition) is 4. The molecule has 2 rings (SSSR count). The number of ether oxygens (including phenoxy) is 1. The van der Waals surface area contributed by atoms with Crippen molar-refractivity contribution in [3.8, 4) is 0 Å². The van der Waals surface area contributed by atoms with E-state index in [2.05, 4.69) is 0 Å². The molecule has 2 aliphatic rings. The maximum atomic E-state index is 12.4. The van der Waals surface area contributed by atoms with Crippen molar-refractivity contribution in [2.24, 2.45) is 17.1 Å². The standard InChI is InChI=1S/C14H24N2O4/c1-2-3-14(13(18)19)4-6-16(7-5-14)12(17)10-8-20-9-11(10)15/h10-11H,2-9,15H2,1H3,(H,18,19). The third kappa shape index (κ3) is 2.81. The minimum atomic E-state index is -0.729. The highest BCUT2D eigenvalue weighted by atomic mass is 16.5.